The molecule has 0 aromatic heterocycles. The van der Waals surface area contributed by atoms with Gasteiger partial charge in [0.2, 0.25) is 0 Å². The zero-order chi connectivity index (χ0) is 13.8. The summed E-state index contributed by atoms with van der Waals surface area (Å²) in [6, 6.07) is 14.4. The zero-order valence-corrected chi connectivity index (χ0v) is 11.3. The Morgan fingerprint density at radius 2 is 2.00 bits per heavy atom. The van der Waals surface area contributed by atoms with E-state index in [9.17, 15) is 4.79 Å². The van der Waals surface area contributed by atoms with Crippen molar-refractivity contribution >= 4 is 23.5 Å². The molecule has 2 N–H and O–H groups in total. The standard InChI is InChI=1S/C14H12N2O3S/c17-14(18-10-4-2-1-3-5-10)16-19-11-6-7-12-13(8-11)20-9-15-12/h1-8,15H,9H2,(H,16,17). The van der Waals surface area contributed by atoms with Gasteiger partial charge in [0.1, 0.15) is 5.75 Å². The molecule has 0 aliphatic carbocycles. The molecule has 1 aliphatic heterocycles. The largest absolute Gasteiger partial charge is 0.446 e. The van der Waals surface area contributed by atoms with Crippen LogP contribution in [0.15, 0.2) is 53.4 Å². The van der Waals surface area contributed by atoms with Crippen molar-refractivity contribution in [2.75, 3.05) is 11.2 Å². The van der Waals surface area contributed by atoms with Gasteiger partial charge < -0.3 is 14.9 Å². The summed E-state index contributed by atoms with van der Waals surface area (Å²) in [4.78, 5) is 17.8. The molecule has 0 radical (unpaired) electrons. The molecule has 0 saturated carbocycles. The van der Waals surface area contributed by atoms with Gasteiger partial charge in [0.15, 0.2) is 5.75 Å². The van der Waals surface area contributed by atoms with Gasteiger partial charge in [-0.1, -0.05) is 18.2 Å². The number of benzene rings is 2. The molecule has 20 heavy (non-hydrogen) atoms. The SMILES string of the molecule is O=C(NOc1ccc2c(c1)SCN2)Oc1ccccc1. The van der Waals surface area contributed by atoms with E-state index in [1.165, 1.54) is 0 Å². The smallest absolute Gasteiger partial charge is 0.408 e. The Morgan fingerprint density at radius 1 is 1.15 bits per heavy atom. The number of fused-ring (bicyclic) bond motifs is 1. The lowest BCUT2D eigenvalue weighted by atomic mass is 10.3. The fraction of sp³-hybridized carbons (Fsp3) is 0.0714. The number of hydrogen-bond acceptors (Lipinski definition) is 5. The second-order valence-corrected chi connectivity index (χ2v) is 5.05. The first kappa shape index (κ1) is 12.7. The average Bonchev–Trinajstić information content (AvgIpc) is 2.93. The van der Waals surface area contributed by atoms with Gasteiger partial charge in [0.25, 0.3) is 0 Å². The number of ether oxygens (including phenoxy) is 1. The third-order valence-corrected chi connectivity index (χ3v) is 3.59. The van der Waals surface area contributed by atoms with Crippen molar-refractivity contribution in [2.45, 2.75) is 4.90 Å². The van der Waals surface area contributed by atoms with Gasteiger partial charge in [-0.2, -0.15) is 5.48 Å². The Morgan fingerprint density at radius 3 is 2.85 bits per heavy atom. The molecule has 102 valence electrons. The Labute approximate surface area is 120 Å². The Kier molecular flexibility index (Phi) is 3.64. The van der Waals surface area contributed by atoms with Crippen molar-refractivity contribution in [3.05, 3.63) is 48.5 Å². The highest BCUT2D eigenvalue weighted by atomic mass is 32.2. The fourth-order valence-corrected chi connectivity index (χ4v) is 2.62. The van der Waals surface area contributed by atoms with E-state index in [1.807, 2.05) is 18.2 Å². The lowest BCUT2D eigenvalue weighted by molar-refractivity contribution is 0.141. The van der Waals surface area contributed by atoms with Gasteiger partial charge in [-0.05, 0) is 30.3 Å². The number of carbonyl (C=O) groups excluding carboxylic acids is 1. The van der Waals surface area contributed by atoms with Crippen molar-refractivity contribution in [3.63, 3.8) is 0 Å². The van der Waals surface area contributed by atoms with Gasteiger partial charge >= 0.3 is 6.09 Å². The van der Waals surface area contributed by atoms with Crippen LogP contribution in [-0.4, -0.2) is 12.0 Å². The molecule has 1 amide bonds. The van der Waals surface area contributed by atoms with Crippen LogP contribution in [0.5, 0.6) is 11.5 Å². The second kappa shape index (κ2) is 5.75. The molecular weight excluding hydrogens is 276 g/mol. The van der Waals surface area contributed by atoms with Crippen molar-refractivity contribution in [3.8, 4) is 11.5 Å². The summed E-state index contributed by atoms with van der Waals surface area (Å²) in [7, 11) is 0. The van der Waals surface area contributed by atoms with Crippen LogP contribution >= 0.6 is 11.8 Å². The minimum absolute atomic E-state index is 0.460. The lowest BCUT2D eigenvalue weighted by Gasteiger charge is -2.08. The molecule has 0 unspecified atom stereocenters. The van der Waals surface area contributed by atoms with Crippen molar-refractivity contribution < 1.29 is 14.4 Å². The van der Waals surface area contributed by atoms with E-state index in [0.29, 0.717) is 11.5 Å². The molecule has 1 heterocycles. The second-order valence-electron chi connectivity index (χ2n) is 4.03. The summed E-state index contributed by atoms with van der Waals surface area (Å²) in [5, 5.41) is 3.22. The van der Waals surface area contributed by atoms with Crippen molar-refractivity contribution in [1.82, 2.24) is 5.48 Å². The van der Waals surface area contributed by atoms with E-state index >= 15 is 0 Å². The lowest BCUT2D eigenvalue weighted by Crippen LogP contribution is -2.29. The third-order valence-electron chi connectivity index (χ3n) is 2.65. The maximum absolute atomic E-state index is 11.5. The molecule has 6 heteroatoms. The normalized spacial score (nSPS) is 12.2. The Bertz CT molecular complexity index is 619. The van der Waals surface area contributed by atoms with E-state index in [2.05, 4.69) is 10.8 Å². The van der Waals surface area contributed by atoms with Crippen LogP contribution < -0.4 is 20.4 Å². The highest BCUT2D eigenvalue weighted by Gasteiger charge is 2.12. The number of nitrogens with one attached hydrogen (secondary N) is 2. The van der Waals surface area contributed by atoms with Crippen LogP contribution in [0.2, 0.25) is 0 Å². The van der Waals surface area contributed by atoms with Crippen LogP contribution in [0, 0.1) is 0 Å². The number of thioether (sulfide) groups is 1. The number of hydrogen-bond donors (Lipinski definition) is 2. The first-order valence-corrected chi connectivity index (χ1v) is 7.00. The van der Waals surface area contributed by atoms with Crippen molar-refractivity contribution in [2.24, 2.45) is 0 Å². The van der Waals surface area contributed by atoms with Crippen LogP contribution in [0.1, 0.15) is 0 Å². The highest BCUT2D eigenvalue weighted by Crippen LogP contribution is 2.35. The molecule has 5 nitrogen and oxygen atoms in total. The molecule has 2 aromatic carbocycles. The molecule has 0 saturated heterocycles. The molecular formula is C14H12N2O3S. The zero-order valence-electron chi connectivity index (χ0n) is 10.5. The maximum atomic E-state index is 11.5. The van der Waals surface area contributed by atoms with E-state index in [0.717, 1.165) is 16.5 Å². The molecule has 0 atom stereocenters. The number of para-hydroxylation sites is 1. The number of anilines is 1. The van der Waals surface area contributed by atoms with Gasteiger partial charge in [0.05, 0.1) is 5.88 Å². The minimum atomic E-state index is -0.664. The minimum Gasteiger partial charge on any atom is -0.408 e. The summed E-state index contributed by atoms with van der Waals surface area (Å²) >= 11 is 1.68. The summed E-state index contributed by atoms with van der Waals surface area (Å²) in [5.41, 5.74) is 3.33. The van der Waals surface area contributed by atoms with Crippen molar-refractivity contribution in [1.29, 1.82) is 0 Å². The average molecular weight is 288 g/mol. The molecule has 1 aliphatic rings. The van der Waals surface area contributed by atoms with Gasteiger partial charge in [0, 0.05) is 10.6 Å². The number of hydroxylamine groups is 1. The van der Waals surface area contributed by atoms with Crippen LogP contribution in [0.4, 0.5) is 10.5 Å². The summed E-state index contributed by atoms with van der Waals surface area (Å²) in [6.45, 7) is 0. The number of amides is 1. The van der Waals surface area contributed by atoms with E-state index in [1.54, 1.807) is 42.1 Å². The highest BCUT2D eigenvalue weighted by molar-refractivity contribution is 7.99. The Balaban J connectivity index is 1.55. The fourth-order valence-electron chi connectivity index (χ4n) is 1.74. The van der Waals surface area contributed by atoms with Gasteiger partial charge in [-0.25, -0.2) is 4.79 Å². The van der Waals surface area contributed by atoms with Gasteiger partial charge in [-0.3, -0.25) is 0 Å². The van der Waals surface area contributed by atoms with E-state index in [4.69, 9.17) is 9.57 Å². The molecule has 0 spiro atoms. The van der Waals surface area contributed by atoms with Crippen LogP contribution in [-0.2, 0) is 0 Å². The molecule has 3 rings (SSSR count). The summed E-state index contributed by atoms with van der Waals surface area (Å²) < 4.78 is 5.04. The Hall–Kier alpha value is -2.34. The predicted octanol–water partition coefficient (Wildman–Crippen LogP) is 3.24. The molecule has 0 fully saturated rings. The molecule has 0 bridgehead atoms. The summed E-state index contributed by atoms with van der Waals surface area (Å²) in [6.07, 6.45) is -0.664. The third kappa shape index (κ3) is 2.97. The monoisotopic (exact) mass is 288 g/mol. The van der Waals surface area contributed by atoms with E-state index < -0.39 is 6.09 Å². The first-order chi connectivity index (χ1) is 9.81. The van der Waals surface area contributed by atoms with Crippen LogP contribution in [0.25, 0.3) is 0 Å². The number of rotatable bonds is 3. The predicted molar refractivity (Wildman–Crippen MR) is 77.0 cm³/mol. The number of carbonyl (C=O) groups is 1. The summed E-state index contributed by atoms with van der Waals surface area (Å²) in [5.74, 6) is 1.87. The molecule has 2 aromatic rings. The first-order valence-electron chi connectivity index (χ1n) is 6.02. The topological polar surface area (TPSA) is 59.6 Å². The quantitative estimate of drug-likeness (QED) is 0.849. The van der Waals surface area contributed by atoms with Gasteiger partial charge in [-0.15, -0.1) is 11.8 Å². The maximum Gasteiger partial charge on any atom is 0.446 e. The van der Waals surface area contributed by atoms with Crippen LogP contribution in [0.3, 0.4) is 0 Å². The van der Waals surface area contributed by atoms with E-state index in [-0.39, 0.29) is 0 Å².